The molecule has 0 unspecified atom stereocenters. The Hall–Kier alpha value is -3.59. The van der Waals surface area contributed by atoms with E-state index in [4.69, 9.17) is 0 Å². The zero-order valence-electron chi connectivity index (χ0n) is 27.2. The highest BCUT2D eigenvalue weighted by Gasteiger charge is 2.17. The van der Waals surface area contributed by atoms with Crippen molar-refractivity contribution < 1.29 is 23.1 Å². The van der Waals surface area contributed by atoms with Crippen molar-refractivity contribution >= 4 is 29.2 Å². The van der Waals surface area contributed by atoms with Crippen LogP contribution in [0.25, 0.3) is 0 Å². The number of alkyl halides is 2. The van der Waals surface area contributed by atoms with Crippen LogP contribution in [-0.4, -0.2) is 36.5 Å². The summed E-state index contributed by atoms with van der Waals surface area (Å²) < 4.78 is 29.2. The lowest BCUT2D eigenvalue weighted by molar-refractivity contribution is -0.113. The molecule has 1 aliphatic heterocycles. The minimum Gasteiger partial charge on any atom is -0.435 e. The first-order valence-electron chi connectivity index (χ1n) is 14.6. The highest BCUT2D eigenvalue weighted by Crippen LogP contribution is 2.25. The first-order valence-corrected chi connectivity index (χ1v) is 15.5. The van der Waals surface area contributed by atoms with Crippen LogP contribution >= 0.6 is 11.3 Å². The van der Waals surface area contributed by atoms with Crippen LogP contribution in [-0.2, 0) is 22.4 Å². The third kappa shape index (κ3) is 14.9. The van der Waals surface area contributed by atoms with Gasteiger partial charge in [0.1, 0.15) is 5.76 Å². The largest absolute Gasteiger partial charge is 0.435 e. The molecule has 238 valence electrons. The van der Waals surface area contributed by atoms with Crippen molar-refractivity contribution in [3.05, 3.63) is 93.0 Å². The molecule has 0 atom stereocenters. The number of Topliss-reactive ketones (excluding diaryl/α,β-unsaturated/α-hetero) is 1. The number of nitrogens with zero attached hydrogens (tertiary/aromatic N) is 2. The number of halogens is 2. The van der Waals surface area contributed by atoms with Gasteiger partial charge in [-0.1, -0.05) is 71.8 Å². The van der Waals surface area contributed by atoms with E-state index in [0.29, 0.717) is 23.3 Å². The van der Waals surface area contributed by atoms with Crippen molar-refractivity contribution in [1.82, 2.24) is 10.2 Å². The van der Waals surface area contributed by atoms with Crippen LogP contribution in [0.15, 0.2) is 82.0 Å². The summed E-state index contributed by atoms with van der Waals surface area (Å²) in [5.74, 6) is -0.279. The van der Waals surface area contributed by atoms with Crippen LogP contribution in [0.4, 0.5) is 8.78 Å². The van der Waals surface area contributed by atoms with Crippen molar-refractivity contribution in [1.29, 1.82) is 0 Å². The van der Waals surface area contributed by atoms with Gasteiger partial charge in [-0.25, -0.2) is 0 Å². The van der Waals surface area contributed by atoms with Gasteiger partial charge in [-0.05, 0) is 51.7 Å². The van der Waals surface area contributed by atoms with Crippen molar-refractivity contribution in [3.63, 3.8) is 0 Å². The summed E-state index contributed by atoms with van der Waals surface area (Å²) in [5.41, 5.74) is 4.77. The lowest BCUT2D eigenvalue weighted by Gasteiger charge is -2.19. The molecule has 1 aliphatic rings. The number of nitrogens with one attached hydrogen (secondary N) is 1. The molecule has 2 heterocycles. The van der Waals surface area contributed by atoms with E-state index in [-0.39, 0.29) is 17.4 Å². The molecule has 0 bridgehead atoms. The lowest BCUT2D eigenvalue weighted by atomic mass is 10.0. The third-order valence-corrected chi connectivity index (χ3v) is 6.67. The number of hydrogen-bond donors (Lipinski definition) is 1. The van der Waals surface area contributed by atoms with Gasteiger partial charge in [-0.2, -0.15) is 8.78 Å². The Kier molecular flexibility index (Phi) is 20.2. The maximum atomic E-state index is 12.7. The molecule has 0 spiro atoms. The first-order chi connectivity index (χ1) is 20.4. The first kappa shape index (κ1) is 39.4. The standard InChI is InChI=1S/C19H25F2NO2S.C12H16N2O.C3H8/c1-5-9-13(11-14(7-3)24-19(20)21)22-18(23)16-12-25-17(8-4)15(16)10-6-2;1-9(2)7-11(10(3)15)12-8-13-5-6-14(12)4;1-3-2/h7,9,11-12,19H,3,5-6,8,10H2,1-2,4H3,(H,22,23);5-8H,1-4H3;3H2,1-2H3/b13-9+,14-11+;12-11+;. The average molecular weight is 618 g/mol. The predicted molar refractivity (Wildman–Crippen MR) is 177 cm³/mol. The van der Waals surface area contributed by atoms with E-state index in [1.54, 1.807) is 36.8 Å². The van der Waals surface area contributed by atoms with Gasteiger partial charge in [0.25, 0.3) is 5.91 Å². The van der Waals surface area contributed by atoms with Crippen LogP contribution in [0.3, 0.4) is 0 Å². The highest BCUT2D eigenvalue weighted by atomic mass is 32.1. The number of ketones is 1. The molecule has 6 nitrogen and oxygen atoms in total. The number of aryl methyl sites for hydroxylation is 1. The van der Waals surface area contributed by atoms with Gasteiger partial charge in [0.15, 0.2) is 5.78 Å². The van der Waals surface area contributed by atoms with Crippen LogP contribution in [0.2, 0.25) is 0 Å². The van der Waals surface area contributed by atoms with Crippen LogP contribution in [0.5, 0.6) is 0 Å². The quantitative estimate of drug-likeness (QED) is 0.144. The van der Waals surface area contributed by atoms with E-state index >= 15 is 0 Å². The number of ether oxygens (including phenoxy) is 1. The molecule has 0 saturated heterocycles. The van der Waals surface area contributed by atoms with E-state index in [9.17, 15) is 18.4 Å². The number of hydrogen-bond acceptors (Lipinski definition) is 6. The van der Waals surface area contributed by atoms with E-state index in [1.165, 1.54) is 23.5 Å². The van der Waals surface area contributed by atoms with Gasteiger partial charge < -0.3 is 15.0 Å². The minimum absolute atomic E-state index is 0.0554. The number of rotatable bonds is 12. The summed E-state index contributed by atoms with van der Waals surface area (Å²) in [6, 6.07) is 0. The summed E-state index contributed by atoms with van der Waals surface area (Å²) in [6.45, 7) is 16.3. The molecular formula is C34H49F2N3O3S. The molecule has 0 radical (unpaired) electrons. The number of allylic oxidation sites excluding steroid dienone is 7. The third-order valence-electron chi connectivity index (χ3n) is 5.49. The maximum absolute atomic E-state index is 12.7. The molecule has 0 aromatic carbocycles. The normalized spacial score (nSPS) is 13.8. The van der Waals surface area contributed by atoms with E-state index < -0.39 is 6.61 Å². The second kappa shape index (κ2) is 22.0. The molecular weight excluding hydrogens is 568 g/mol. The zero-order chi connectivity index (χ0) is 32.9. The number of thiophene rings is 1. The second-order valence-electron chi connectivity index (χ2n) is 9.78. The van der Waals surface area contributed by atoms with Gasteiger partial charge >= 0.3 is 6.61 Å². The maximum Gasteiger partial charge on any atom is 0.387 e. The minimum atomic E-state index is -2.94. The smallest absolute Gasteiger partial charge is 0.387 e. The molecule has 0 saturated carbocycles. The number of carbonyl (C=O) groups excluding carboxylic acids is 2. The lowest BCUT2D eigenvalue weighted by Crippen LogP contribution is -2.23. The second-order valence-corrected chi connectivity index (χ2v) is 10.7. The van der Waals surface area contributed by atoms with E-state index in [1.807, 2.05) is 50.4 Å². The fourth-order valence-electron chi connectivity index (χ4n) is 3.72. The zero-order valence-corrected chi connectivity index (χ0v) is 28.0. The van der Waals surface area contributed by atoms with Crippen LogP contribution in [0, 0.1) is 0 Å². The molecule has 9 heteroatoms. The SMILES string of the molecule is C=C/C(=C\C(=C/CC)NC(=O)c1csc(CC)c1CCC)OC(F)F.CC(=O)/C(C=C(C)C)=C1\C=NC=CN1C.CCC. The summed E-state index contributed by atoms with van der Waals surface area (Å²) >= 11 is 1.58. The predicted octanol–water partition coefficient (Wildman–Crippen LogP) is 9.30. The van der Waals surface area contributed by atoms with Crippen LogP contribution in [0.1, 0.15) is 95.5 Å². The van der Waals surface area contributed by atoms with Gasteiger partial charge in [0.05, 0.1) is 17.5 Å². The summed E-state index contributed by atoms with van der Waals surface area (Å²) in [7, 11) is 1.90. The van der Waals surface area contributed by atoms with Gasteiger partial charge in [0, 0.05) is 47.1 Å². The average Bonchev–Trinajstić information content (AvgIpc) is 3.35. The Morgan fingerprint density at radius 3 is 2.26 bits per heavy atom. The topological polar surface area (TPSA) is 71.0 Å². The Balaban J connectivity index is 0.000000829. The fourth-order valence-corrected chi connectivity index (χ4v) is 4.75. The Bertz CT molecular complexity index is 1230. The summed E-state index contributed by atoms with van der Waals surface area (Å²) in [6.07, 6.45) is 16.0. The van der Waals surface area contributed by atoms with Crippen molar-refractivity contribution in [2.75, 3.05) is 7.05 Å². The molecule has 0 fully saturated rings. The van der Waals surface area contributed by atoms with Gasteiger partial charge in [-0.3, -0.25) is 14.6 Å². The monoisotopic (exact) mass is 617 g/mol. The molecule has 1 aromatic rings. The molecule has 1 N–H and O–H groups in total. The van der Waals surface area contributed by atoms with Gasteiger partial charge in [-0.15, -0.1) is 11.3 Å². The molecule has 1 aromatic heterocycles. The summed E-state index contributed by atoms with van der Waals surface area (Å²) in [4.78, 5) is 31.3. The van der Waals surface area contributed by atoms with Crippen LogP contribution < -0.4 is 5.32 Å². The number of aliphatic imine (C=N–C) groups is 1. The Labute approximate surface area is 261 Å². The fraction of sp³-hybridized carbons (Fsp3) is 0.441. The Morgan fingerprint density at radius 1 is 1.14 bits per heavy atom. The van der Waals surface area contributed by atoms with E-state index in [0.717, 1.165) is 36.1 Å². The van der Waals surface area contributed by atoms with Crippen molar-refractivity contribution in [3.8, 4) is 0 Å². The van der Waals surface area contributed by atoms with Crippen molar-refractivity contribution in [2.45, 2.75) is 94.1 Å². The van der Waals surface area contributed by atoms with Gasteiger partial charge in [0.2, 0.25) is 0 Å². The number of amides is 1. The highest BCUT2D eigenvalue weighted by molar-refractivity contribution is 7.10. The molecule has 43 heavy (non-hydrogen) atoms. The molecule has 0 aliphatic carbocycles. The molecule has 2 rings (SSSR count). The van der Waals surface area contributed by atoms with Crippen molar-refractivity contribution in [2.24, 2.45) is 4.99 Å². The Morgan fingerprint density at radius 2 is 1.79 bits per heavy atom. The molecule has 1 amide bonds. The van der Waals surface area contributed by atoms with E-state index in [2.05, 4.69) is 49.3 Å². The summed E-state index contributed by atoms with van der Waals surface area (Å²) in [5, 5.41) is 4.65. The number of carbonyl (C=O) groups is 2.